The normalized spacial score (nSPS) is 13.5. The Morgan fingerprint density at radius 3 is 2.31 bits per heavy atom. The monoisotopic (exact) mass is 474 g/mol. The maximum atomic E-state index is 13.0. The number of benzene rings is 2. The van der Waals surface area contributed by atoms with E-state index >= 15 is 0 Å². The van der Waals surface area contributed by atoms with Crippen LogP contribution in [0.15, 0.2) is 64.5 Å². The van der Waals surface area contributed by atoms with Gasteiger partial charge < -0.3 is 0 Å². The second-order valence-electron chi connectivity index (χ2n) is 8.13. The van der Waals surface area contributed by atoms with Gasteiger partial charge in [0.2, 0.25) is 5.91 Å². The molecule has 1 aliphatic heterocycles. The maximum Gasteiger partial charge on any atom is 0.290 e. The highest BCUT2D eigenvalue weighted by Gasteiger charge is 2.26. The molecular weight excluding hydrogens is 448 g/mol. The summed E-state index contributed by atoms with van der Waals surface area (Å²) < 4.78 is 1.29. The quantitative estimate of drug-likeness (QED) is 0.402. The molecule has 1 aromatic heterocycles. The Morgan fingerprint density at radius 1 is 0.886 bits per heavy atom. The first-order chi connectivity index (χ1) is 17.0. The van der Waals surface area contributed by atoms with E-state index in [9.17, 15) is 19.2 Å². The number of amides is 3. The largest absolute Gasteiger partial charge is 0.290 e. The standard InChI is InChI=1S/C25H26N6O4/c1-2-3-9-16-30-25(35)19-13-8-7-12-18(19)22(29-30)24(34)27-26-23(33)20-14-15-21(32)31(28-20)17-10-5-4-6-11-17/h4-8,10-13H,2-3,9,14-16H2,1H3,(H,26,33)(H,27,34). The Morgan fingerprint density at radius 2 is 1.57 bits per heavy atom. The first-order valence-corrected chi connectivity index (χ1v) is 11.6. The van der Waals surface area contributed by atoms with Crippen LogP contribution in [0.1, 0.15) is 49.5 Å². The number of aryl methyl sites for hydroxylation is 1. The molecule has 3 amide bonds. The van der Waals surface area contributed by atoms with Gasteiger partial charge in [-0.3, -0.25) is 30.0 Å². The number of para-hydroxylation sites is 1. The molecule has 0 fully saturated rings. The number of fused-ring (bicyclic) bond motifs is 1. The zero-order chi connectivity index (χ0) is 24.8. The molecule has 0 bridgehead atoms. The predicted molar refractivity (Wildman–Crippen MR) is 132 cm³/mol. The number of unbranched alkanes of at least 4 members (excludes halogenated alkanes) is 2. The summed E-state index contributed by atoms with van der Waals surface area (Å²) in [5.41, 5.74) is 5.14. The fourth-order valence-corrected chi connectivity index (χ4v) is 3.80. The molecule has 0 spiro atoms. The molecule has 0 radical (unpaired) electrons. The number of hydrazone groups is 1. The van der Waals surface area contributed by atoms with E-state index in [2.05, 4.69) is 28.0 Å². The van der Waals surface area contributed by atoms with Crippen molar-refractivity contribution in [2.45, 2.75) is 45.6 Å². The van der Waals surface area contributed by atoms with Crippen LogP contribution in [0.5, 0.6) is 0 Å². The molecule has 2 N–H and O–H groups in total. The van der Waals surface area contributed by atoms with Crippen LogP contribution in [-0.4, -0.2) is 33.2 Å². The molecule has 0 saturated carbocycles. The molecule has 0 saturated heterocycles. The van der Waals surface area contributed by atoms with Gasteiger partial charge in [0, 0.05) is 24.8 Å². The van der Waals surface area contributed by atoms with Gasteiger partial charge in [-0.1, -0.05) is 56.2 Å². The van der Waals surface area contributed by atoms with Crippen molar-refractivity contribution < 1.29 is 14.4 Å². The summed E-state index contributed by atoms with van der Waals surface area (Å²) in [6.45, 7) is 2.45. The van der Waals surface area contributed by atoms with Crippen molar-refractivity contribution in [3.8, 4) is 0 Å². The number of rotatable bonds is 7. The lowest BCUT2D eigenvalue weighted by Gasteiger charge is -2.23. The number of nitrogens with zero attached hydrogens (tertiary/aromatic N) is 4. The average Bonchev–Trinajstić information content (AvgIpc) is 2.89. The molecular formula is C25H26N6O4. The number of aromatic nitrogens is 2. The van der Waals surface area contributed by atoms with Crippen molar-refractivity contribution in [1.82, 2.24) is 20.6 Å². The summed E-state index contributed by atoms with van der Waals surface area (Å²) in [6.07, 6.45) is 2.94. The van der Waals surface area contributed by atoms with Crippen molar-refractivity contribution >= 4 is 39.9 Å². The van der Waals surface area contributed by atoms with E-state index in [1.165, 1.54) is 9.69 Å². The minimum absolute atomic E-state index is 0.0312. The van der Waals surface area contributed by atoms with E-state index < -0.39 is 11.8 Å². The lowest BCUT2D eigenvalue weighted by atomic mass is 10.1. The minimum atomic E-state index is -0.661. The van der Waals surface area contributed by atoms with Crippen LogP contribution < -0.4 is 21.4 Å². The SMILES string of the molecule is CCCCCn1nc(C(=O)NNC(=O)C2=NN(c3ccccc3)C(=O)CC2)c2ccccc2c1=O. The highest BCUT2D eigenvalue weighted by molar-refractivity contribution is 6.40. The van der Waals surface area contributed by atoms with Gasteiger partial charge in [-0.15, -0.1) is 0 Å². The maximum absolute atomic E-state index is 13.0. The third kappa shape index (κ3) is 5.26. The van der Waals surface area contributed by atoms with E-state index in [0.29, 0.717) is 23.0 Å². The van der Waals surface area contributed by atoms with Crippen LogP contribution in [0.25, 0.3) is 10.8 Å². The Kier molecular flexibility index (Phi) is 7.30. The van der Waals surface area contributed by atoms with Crippen molar-refractivity contribution in [1.29, 1.82) is 0 Å². The molecule has 10 heteroatoms. The van der Waals surface area contributed by atoms with Gasteiger partial charge in [0.05, 0.1) is 11.1 Å². The van der Waals surface area contributed by atoms with Crippen LogP contribution in [0.2, 0.25) is 0 Å². The summed E-state index contributed by atoms with van der Waals surface area (Å²) >= 11 is 0. The predicted octanol–water partition coefficient (Wildman–Crippen LogP) is 2.53. The molecule has 3 aromatic rings. The molecule has 2 aromatic carbocycles. The van der Waals surface area contributed by atoms with E-state index in [1.54, 1.807) is 48.5 Å². The third-order valence-electron chi connectivity index (χ3n) is 5.64. The number of hydrazine groups is 1. The second kappa shape index (κ2) is 10.7. The highest BCUT2D eigenvalue weighted by atomic mass is 16.2. The molecule has 180 valence electrons. The Hall–Kier alpha value is -4.34. The minimum Gasteiger partial charge on any atom is -0.273 e. The summed E-state index contributed by atoms with van der Waals surface area (Å²) in [6, 6.07) is 15.5. The summed E-state index contributed by atoms with van der Waals surface area (Å²) in [4.78, 5) is 50.7. The van der Waals surface area contributed by atoms with Crippen molar-refractivity contribution in [3.05, 3.63) is 70.6 Å². The topological polar surface area (TPSA) is 126 Å². The van der Waals surface area contributed by atoms with Gasteiger partial charge in [-0.25, -0.2) is 9.69 Å². The van der Waals surface area contributed by atoms with Gasteiger partial charge in [-0.2, -0.15) is 10.2 Å². The molecule has 10 nitrogen and oxygen atoms in total. The summed E-state index contributed by atoms with van der Waals surface area (Å²) in [7, 11) is 0. The third-order valence-corrected chi connectivity index (χ3v) is 5.64. The lowest BCUT2D eigenvalue weighted by molar-refractivity contribution is -0.119. The van der Waals surface area contributed by atoms with Gasteiger partial charge in [0.1, 0.15) is 5.71 Å². The first-order valence-electron chi connectivity index (χ1n) is 11.6. The van der Waals surface area contributed by atoms with E-state index in [0.717, 1.165) is 19.3 Å². The molecule has 35 heavy (non-hydrogen) atoms. The molecule has 0 atom stereocenters. The van der Waals surface area contributed by atoms with Crippen LogP contribution >= 0.6 is 0 Å². The first kappa shape index (κ1) is 23.8. The second-order valence-corrected chi connectivity index (χ2v) is 8.13. The number of carbonyl (C=O) groups is 3. The van der Waals surface area contributed by atoms with E-state index in [4.69, 9.17) is 0 Å². The van der Waals surface area contributed by atoms with Gasteiger partial charge in [0.15, 0.2) is 5.69 Å². The Bertz CT molecular complexity index is 1350. The molecule has 2 heterocycles. The average molecular weight is 475 g/mol. The number of hydrogen-bond acceptors (Lipinski definition) is 6. The summed E-state index contributed by atoms with van der Waals surface area (Å²) in [5, 5.41) is 10.4. The van der Waals surface area contributed by atoms with Crippen LogP contribution in [-0.2, 0) is 16.1 Å². The number of hydrogen-bond donors (Lipinski definition) is 2. The molecule has 0 aliphatic carbocycles. The fourth-order valence-electron chi connectivity index (χ4n) is 3.80. The highest BCUT2D eigenvalue weighted by Crippen LogP contribution is 2.19. The fraction of sp³-hybridized carbons (Fsp3) is 0.280. The summed E-state index contributed by atoms with van der Waals surface area (Å²) in [5.74, 6) is -1.52. The number of nitrogens with one attached hydrogen (secondary N) is 2. The van der Waals surface area contributed by atoms with Crippen molar-refractivity contribution in [3.63, 3.8) is 0 Å². The zero-order valence-electron chi connectivity index (χ0n) is 19.4. The van der Waals surface area contributed by atoms with Crippen molar-refractivity contribution in [2.24, 2.45) is 5.10 Å². The molecule has 1 aliphatic rings. The number of anilines is 1. The number of carbonyl (C=O) groups excluding carboxylic acids is 3. The van der Waals surface area contributed by atoms with Crippen molar-refractivity contribution in [2.75, 3.05) is 5.01 Å². The smallest absolute Gasteiger partial charge is 0.273 e. The Labute approximate surface area is 201 Å². The van der Waals surface area contributed by atoms with Crippen LogP contribution in [0.3, 0.4) is 0 Å². The van der Waals surface area contributed by atoms with E-state index in [-0.39, 0.29) is 35.7 Å². The van der Waals surface area contributed by atoms with Crippen LogP contribution in [0, 0.1) is 0 Å². The van der Waals surface area contributed by atoms with Gasteiger partial charge in [-0.05, 0) is 24.6 Å². The Balaban J connectivity index is 1.52. The molecule has 4 rings (SSSR count). The van der Waals surface area contributed by atoms with Gasteiger partial charge >= 0.3 is 0 Å². The lowest BCUT2D eigenvalue weighted by Crippen LogP contribution is -2.47. The zero-order valence-corrected chi connectivity index (χ0v) is 19.4. The van der Waals surface area contributed by atoms with E-state index in [1.807, 2.05) is 6.07 Å². The molecule has 0 unspecified atom stereocenters. The van der Waals surface area contributed by atoms with Crippen LogP contribution in [0.4, 0.5) is 5.69 Å². The van der Waals surface area contributed by atoms with Gasteiger partial charge in [0.25, 0.3) is 17.4 Å².